The van der Waals surface area contributed by atoms with Crippen molar-refractivity contribution in [2.75, 3.05) is 6.26 Å². The number of hydrogen-bond acceptors (Lipinski definition) is 4. The van der Waals surface area contributed by atoms with Crippen molar-refractivity contribution in [3.05, 3.63) is 90.0 Å². The van der Waals surface area contributed by atoms with Crippen LogP contribution in [0, 0.1) is 11.3 Å². The highest BCUT2D eigenvalue weighted by molar-refractivity contribution is 7.95. The highest BCUT2D eigenvalue weighted by atomic mass is 32.2. The fourth-order valence-corrected chi connectivity index (χ4v) is 5.30. The molecule has 0 N–H and O–H groups in total. The molecule has 4 rings (SSSR count). The molecule has 1 unspecified atom stereocenters. The summed E-state index contributed by atoms with van der Waals surface area (Å²) in [7, 11) is -6.02. The Balaban J connectivity index is 0.000000331. The van der Waals surface area contributed by atoms with Gasteiger partial charge < -0.3 is 4.55 Å². The number of halogens is 3. The van der Waals surface area contributed by atoms with Crippen LogP contribution in [0.1, 0.15) is 11.1 Å². The van der Waals surface area contributed by atoms with Gasteiger partial charge in [0, 0.05) is 27.2 Å². The Morgan fingerprint density at radius 2 is 1.36 bits per heavy atom. The topological polar surface area (TPSA) is 81.0 Å². The smallest absolute Gasteiger partial charge is 0.485 e. The highest BCUT2D eigenvalue weighted by Gasteiger charge is 2.36. The van der Waals surface area contributed by atoms with E-state index in [1.165, 1.54) is 32.0 Å². The minimum absolute atomic E-state index is 0.0750. The van der Waals surface area contributed by atoms with Gasteiger partial charge in [0.1, 0.15) is 12.0 Å². The summed E-state index contributed by atoms with van der Waals surface area (Å²) in [5.74, 6) is 0.990. The summed E-state index contributed by atoms with van der Waals surface area (Å²) < 4.78 is 58.9. The van der Waals surface area contributed by atoms with Gasteiger partial charge in [-0.3, -0.25) is 0 Å². The Labute approximate surface area is 192 Å². The summed E-state index contributed by atoms with van der Waals surface area (Å²) in [6, 6.07) is 29.8. The van der Waals surface area contributed by atoms with E-state index in [-0.39, 0.29) is 10.9 Å². The number of nitrogens with zero attached hydrogens (tertiary/aromatic N) is 1. The number of rotatable bonds is 3. The van der Waals surface area contributed by atoms with E-state index < -0.39 is 15.6 Å². The van der Waals surface area contributed by atoms with Crippen molar-refractivity contribution in [1.29, 1.82) is 5.26 Å². The SMILES string of the molecule is C[S+](Cc1ccc(C#N)cc1)c1c2ccccc2cc2ccccc12.O=S(=O)([O-])C(F)(F)F. The number of nitriles is 1. The van der Waals surface area contributed by atoms with Crippen LogP contribution in [-0.4, -0.2) is 24.7 Å². The molecule has 33 heavy (non-hydrogen) atoms. The molecule has 0 radical (unpaired) electrons. The number of fused-ring (bicyclic) bond motifs is 2. The van der Waals surface area contributed by atoms with Crippen molar-refractivity contribution >= 4 is 42.6 Å². The molecular formula is C24H18F3NO3S2. The lowest BCUT2D eigenvalue weighted by Gasteiger charge is -2.11. The highest BCUT2D eigenvalue weighted by Crippen LogP contribution is 2.34. The number of alkyl halides is 3. The van der Waals surface area contributed by atoms with Gasteiger partial charge in [-0.25, -0.2) is 8.42 Å². The molecule has 1 atom stereocenters. The van der Waals surface area contributed by atoms with E-state index in [2.05, 4.69) is 79.1 Å². The summed E-state index contributed by atoms with van der Waals surface area (Å²) in [6.07, 6.45) is 2.33. The zero-order chi connectivity index (χ0) is 24.2. The van der Waals surface area contributed by atoms with Gasteiger partial charge in [-0.15, -0.1) is 0 Å². The molecule has 0 saturated heterocycles. The maximum absolute atomic E-state index is 10.7. The Bertz CT molecular complexity index is 1370. The van der Waals surface area contributed by atoms with E-state index in [4.69, 9.17) is 18.2 Å². The molecular weight excluding hydrogens is 471 g/mol. The average Bonchev–Trinajstić information content (AvgIpc) is 2.77. The van der Waals surface area contributed by atoms with Crippen molar-refractivity contribution < 1.29 is 26.1 Å². The first-order valence-electron chi connectivity index (χ1n) is 9.55. The fraction of sp³-hybridized carbons (Fsp3) is 0.125. The maximum Gasteiger partial charge on any atom is 0.485 e. The Morgan fingerprint density at radius 1 is 0.909 bits per heavy atom. The summed E-state index contributed by atoms with van der Waals surface area (Å²) in [4.78, 5) is 1.44. The molecule has 4 aromatic carbocycles. The largest absolute Gasteiger partial charge is 0.741 e. The zero-order valence-electron chi connectivity index (χ0n) is 17.3. The van der Waals surface area contributed by atoms with Crippen LogP contribution in [0.5, 0.6) is 0 Å². The van der Waals surface area contributed by atoms with Crippen LogP contribution in [0.25, 0.3) is 21.5 Å². The van der Waals surface area contributed by atoms with Crippen LogP contribution < -0.4 is 0 Å². The van der Waals surface area contributed by atoms with Crippen LogP contribution in [-0.2, 0) is 26.8 Å². The lowest BCUT2D eigenvalue weighted by Crippen LogP contribution is -2.21. The molecule has 0 saturated carbocycles. The third-order valence-electron chi connectivity index (χ3n) is 4.82. The molecule has 170 valence electrons. The molecule has 9 heteroatoms. The van der Waals surface area contributed by atoms with E-state index in [0.717, 1.165) is 11.3 Å². The zero-order valence-corrected chi connectivity index (χ0v) is 19.0. The third kappa shape index (κ3) is 5.85. The second-order valence-electron chi connectivity index (χ2n) is 7.14. The molecule has 0 aromatic heterocycles. The Hall–Kier alpha value is -3.06. The first kappa shape index (κ1) is 24.6. The van der Waals surface area contributed by atoms with Crippen molar-refractivity contribution in [3.63, 3.8) is 0 Å². The Morgan fingerprint density at radius 3 is 1.79 bits per heavy atom. The summed E-state index contributed by atoms with van der Waals surface area (Å²) in [5.41, 5.74) is -3.65. The van der Waals surface area contributed by atoms with Crippen molar-refractivity contribution in [3.8, 4) is 6.07 Å². The summed E-state index contributed by atoms with van der Waals surface area (Å²) >= 11 is 0. The lowest BCUT2D eigenvalue weighted by atomic mass is 10.0. The van der Waals surface area contributed by atoms with Gasteiger partial charge in [-0.2, -0.15) is 18.4 Å². The molecule has 0 aliphatic heterocycles. The van der Waals surface area contributed by atoms with Crippen molar-refractivity contribution in [1.82, 2.24) is 0 Å². The van der Waals surface area contributed by atoms with Crippen LogP contribution in [0.15, 0.2) is 83.8 Å². The molecule has 0 bridgehead atoms. The van der Waals surface area contributed by atoms with E-state index in [1.807, 2.05) is 12.1 Å². The van der Waals surface area contributed by atoms with Gasteiger partial charge in [0.05, 0.1) is 11.6 Å². The minimum Gasteiger partial charge on any atom is -0.741 e. The van der Waals surface area contributed by atoms with Gasteiger partial charge in [-0.1, -0.05) is 48.5 Å². The number of hydrogen-bond donors (Lipinski definition) is 0. The van der Waals surface area contributed by atoms with Crippen LogP contribution >= 0.6 is 0 Å². The molecule has 0 aliphatic rings. The molecule has 0 spiro atoms. The molecule has 0 aliphatic carbocycles. The van der Waals surface area contributed by atoms with E-state index in [9.17, 15) is 13.2 Å². The normalized spacial score (nSPS) is 12.6. The van der Waals surface area contributed by atoms with E-state index >= 15 is 0 Å². The van der Waals surface area contributed by atoms with Crippen molar-refractivity contribution in [2.45, 2.75) is 16.2 Å². The second kappa shape index (κ2) is 9.83. The quantitative estimate of drug-likeness (QED) is 0.159. The first-order valence-corrected chi connectivity index (χ1v) is 12.8. The fourth-order valence-electron chi connectivity index (χ4n) is 3.35. The lowest BCUT2D eigenvalue weighted by molar-refractivity contribution is -0.0517. The van der Waals surface area contributed by atoms with Crippen LogP contribution in [0.3, 0.4) is 0 Å². The van der Waals surface area contributed by atoms with Gasteiger partial charge in [0.25, 0.3) is 0 Å². The summed E-state index contributed by atoms with van der Waals surface area (Å²) in [5, 5.41) is 14.3. The number of benzene rings is 4. The minimum atomic E-state index is -6.09. The van der Waals surface area contributed by atoms with Gasteiger partial charge >= 0.3 is 5.51 Å². The monoisotopic (exact) mass is 489 g/mol. The standard InChI is InChI=1S/C23H18NS.CHF3O3S/c1-25(16-18-12-10-17(15-24)11-13-18)23-21-8-4-2-6-19(21)14-20-7-3-5-9-22(20)23;2-1(3,4)8(5,6)7/h2-14H,16H2,1H3;(H,5,6,7)/q+1;/p-1. The van der Waals surface area contributed by atoms with Gasteiger partial charge in [0.15, 0.2) is 15.0 Å². The van der Waals surface area contributed by atoms with E-state index in [1.54, 1.807) is 0 Å². The third-order valence-corrected chi connectivity index (χ3v) is 7.29. The van der Waals surface area contributed by atoms with Crippen LogP contribution in [0.4, 0.5) is 13.2 Å². The maximum atomic E-state index is 10.7. The molecule has 4 aromatic rings. The van der Waals surface area contributed by atoms with Crippen molar-refractivity contribution in [2.24, 2.45) is 0 Å². The molecule has 0 amide bonds. The van der Waals surface area contributed by atoms with E-state index in [0.29, 0.717) is 0 Å². The van der Waals surface area contributed by atoms with Gasteiger partial charge in [-0.05, 0) is 41.1 Å². The molecule has 0 heterocycles. The molecule has 4 nitrogen and oxygen atoms in total. The predicted octanol–water partition coefficient (Wildman–Crippen LogP) is 5.72. The van der Waals surface area contributed by atoms with Crippen LogP contribution in [0.2, 0.25) is 0 Å². The predicted molar refractivity (Wildman–Crippen MR) is 124 cm³/mol. The molecule has 0 fully saturated rings. The summed E-state index contributed by atoms with van der Waals surface area (Å²) in [6.45, 7) is 0. The first-order chi connectivity index (χ1) is 15.5. The van der Waals surface area contributed by atoms with Gasteiger partial charge in [0.2, 0.25) is 0 Å². The Kier molecular flexibility index (Phi) is 7.32. The second-order valence-corrected chi connectivity index (χ2v) is 10.5. The average molecular weight is 490 g/mol.